The van der Waals surface area contributed by atoms with Crippen LogP contribution < -0.4 is 5.73 Å². The lowest BCUT2D eigenvalue weighted by molar-refractivity contribution is 0.964. The van der Waals surface area contributed by atoms with Crippen molar-refractivity contribution in [3.63, 3.8) is 0 Å². The average Bonchev–Trinajstić information content (AvgIpc) is 2.25. The summed E-state index contributed by atoms with van der Waals surface area (Å²) in [5.74, 6) is 0. The van der Waals surface area contributed by atoms with Crippen molar-refractivity contribution in [1.82, 2.24) is 15.0 Å². The van der Waals surface area contributed by atoms with Gasteiger partial charge in [-0.3, -0.25) is 0 Å². The molecule has 76 valence electrons. The lowest BCUT2D eigenvalue weighted by Crippen LogP contribution is -1.91. The molecule has 0 aromatic carbocycles. The molecule has 2 aromatic heterocycles. The molecule has 2 heterocycles. The van der Waals surface area contributed by atoms with E-state index in [1.165, 1.54) is 11.8 Å². The molecule has 0 fully saturated rings. The van der Waals surface area contributed by atoms with Crippen LogP contribution in [0.5, 0.6) is 0 Å². The van der Waals surface area contributed by atoms with Crippen LogP contribution in [0.3, 0.4) is 0 Å². The summed E-state index contributed by atoms with van der Waals surface area (Å²) in [5.41, 5.74) is 6.02. The fourth-order valence-electron chi connectivity index (χ4n) is 0.895. The second kappa shape index (κ2) is 4.46. The molecule has 0 saturated heterocycles. The summed E-state index contributed by atoms with van der Waals surface area (Å²) >= 11 is 7.07. The van der Waals surface area contributed by atoms with E-state index in [0.29, 0.717) is 15.9 Å². The largest absolute Gasteiger partial charge is 0.396 e. The van der Waals surface area contributed by atoms with Crippen LogP contribution in [0.2, 0.25) is 5.02 Å². The van der Waals surface area contributed by atoms with Gasteiger partial charge in [0.05, 0.1) is 23.1 Å². The Morgan fingerprint density at radius 1 is 1.07 bits per heavy atom. The first-order valence-electron chi connectivity index (χ1n) is 4.11. The van der Waals surface area contributed by atoms with E-state index in [1.54, 1.807) is 24.7 Å². The van der Waals surface area contributed by atoms with Crippen molar-refractivity contribution >= 4 is 29.1 Å². The molecule has 0 aliphatic rings. The molecular formula is C9H7ClN4S. The van der Waals surface area contributed by atoms with Crippen LogP contribution in [0.4, 0.5) is 5.69 Å². The second-order valence-corrected chi connectivity index (χ2v) is 4.14. The molecule has 0 atom stereocenters. The Balaban J connectivity index is 2.15. The predicted molar refractivity (Wildman–Crippen MR) is 59.8 cm³/mol. The molecule has 0 aliphatic heterocycles. The first kappa shape index (κ1) is 10.2. The molecule has 0 spiro atoms. The van der Waals surface area contributed by atoms with Gasteiger partial charge in [-0.15, -0.1) is 0 Å². The summed E-state index contributed by atoms with van der Waals surface area (Å²) in [6.45, 7) is 0. The third kappa shape index (κ3) is 2.81. The van der Waals surface area contributed by atoms with Crippen LogP contribution in [0.25, 0.3) is 0 Å². The third-order valence-electron chi connectivity index (χ3n) is 1.54. The Morgan fingerprint density at radius 3 is 2.40 bits per heavy atom. The normalized spacial score (nSPS) is 10.2. The first-order chi connectivity index (χ1) is 7.24. The molecular weight excluding hydrogens is 232 g/mol. The fraction of sp³-hybridized carbons (Fsp3) is 0. The number of aromatic nitrogens is 3. The number of hydrogen-bond donors (Lipinski definition) is 1. The Bertz CT molecular complexity index is 399. The van der Waals surface area contributed by atoms with Gasteiger partial charge in [-0.1, -0.05) is 11.6 Å². The number of nitrogen functional groups attached to an aromatic ring is 1. The Hall–Kier alpha value is -1.33. The fourth-order valence-corrected chi connectivity index (χ4v) is 1.65. The zero-order valence-electron chi connectivity index (χ0n) is 7.59. The summed E-state index contributed by atoms with van der Waals surface area (Å²) in [7, 11) is 0. The highest BCUT2D eigenvalue weighted by atomic mass is 35.5. The third-order valence-corrected chi connectivity index (χ3v) is 2.61. The van der Waals surface area contributed by atoms with E-state index in [2.05, 4.69) is 15.0 Å². The number of halogens is 1. The highest BCUT2D eigenvalue weighted by Crippen LogP contribution is 2.22. The summed E-state index contributed by atoms with van der Waals surface area (Å²) in [5, 5.41) is 2.01. The van der Waals surface area contributed by atoms with Crippen LogP contribution >= 0.6 is 23.4 Å². The maximum atomic E-state index is 5.72. The van der Waals surface area contributed by atoms with E-state index < -0.39 is 0 Å². The SMILES string of the molecule is Nc1cnc(Sc2ccc(Cl)cn2)nc1. The van der Waals surface area contributed by atoms with Crippen LogP contribution in [0.15, 0.2) is 40.9 Å². The van der Waals surface area contributed by atoms with Gasteiger partial charge in [-0.05, 0) is 23.9 Å². The smallest absolute Gasteiger partial charge is 0.193 e. The monoisotopic (exact) mass is 238 g/mol. The molecule has 0 saturated carbocycles. The van der Waals surface area contributed by atoms with E-state index >= 15 is 0 Å². The summed E-state index contributed by atoms with van der Waals surface area (Å²) in [4.78, 5) is 12.2. The zero-order valence-corrected chi connectivity index (χ0v) is 9.16. The van der Waals surface area contributed by atoms with Crippen LogP contribution in [0.1, 0.15) is 0 Å². The second-order valence-electron chi connectivity index (χ2n) is 2.72. The minimum atomic E-state index is 0.545. The minimum absolute atomic E-state index is 0.545. The summed E-state index contributed by atoms with van der Waals surface area (Å²) in [6, 6.07) is 3.58. The molecule has 4 nitrogen and oxygen atoms in total. The van der Waals surface area contributed by atoms with Gasteiger partial charge < -0.3 is 5.73 Å². The number of rotatable bonds is 2. The standard InChI is InChI=1S/C9H7ClN4S/c10-6-1-2-8(12-3-6)15-9-13-4-7(11)5-14-9/h1-5H,11H2. The molecule has 0 aliphatic carbocycles. The van der Waals surface area contributed by atoms with Crippen molar-refractivity contribution in [1.29, 1.82) is 0 Å². The highest BCUT2D eigenvalue weighted by molar-refractivity contribution is 7.99. The molecule has 2 rings (SSSR count). The summed E-state index contributed by atoms with van der Waals surface area (Å²) in [6.07, 6.45) is 4.71. The molecule has 0 amide bonds. The van der Waals surface area contributed by atoms with E-state index in [9.17, 15) is 0 Å². The molecule has 0 bridgehead atoms. The minimum Gasteiger partial charge on any atom is -0.396 e. The van der Waals surface area contributed by atoms with Crippen molar-refractivity contribution in [2.45, 2.75) is 10.2 Å². The van der Waals surface area contributed by atoms with E-state index in [1.807, 2.05) is 6.07 Å². The van der Waals surface area contributed by atoms with Gasteiger partial charge >= 0.3 is 0 Å². The number of anilines is 1. The quantitative estimate of drug-likeness (QED) is 0.813. The molecule has 2 N–H and O–H groups in total. The van der Waals surface area contributed by atoms with Crippen molar-refractivity contribution in [3.05, 3.63) is 35.7 Å². The summed E-state index contributed by atoms with van der Waals surface area (Å²) < 4.78 is 0. The first-order valence-corrected chi connectivity index (χ1v) is 5.30. The van der Waals surface area contributed by atoms with Crippen molar-refractivity contribution in [3.8, 4) is 0 Å². The van der Waals surface area contributed by atoms with Gasteiger partial charge in [0.25, 0.3) is 0 Å². The highest BCUT2D eigenvalue weighted by Gasteiger charge is 2.01. The molecule has 0 radical (unpaired) electrons. The van der Waals surface area contributed by atoms with Crippen molar-refractivity contribution < 1.29 is 0 Å². The van der Waals surface area contributed by atoms with Crippen LogP contribution in [-0.2, 0) is 0 Å². The van der Waals surface area contributed by atoms with Crippen LogP contribution in [-0.4, -0.2) is 15.0 Å². The van der Waals surface area contributed by atoms with Crippen molar-refractivity contribution in [2.24, 2.45) is 0 Å². The number of hydrogen-bond acceptors (Lipinski definition) is 5. The Labute approximate surface area is 95.9 Å². The molecule has 15 heavy (non-hydrogen) atoms. The lowest BCUT2D eigenvalue weighted by Gasteiger charge is -1.99. The zero-order chi connectivity index (χ0) is 10.7. The molecule has 0 unspecified atom stereocenters. The molecule has 2 aromatic rings. The number of nitrogens with zero attached hydrogens (tertiary/aromatic N) is 3. The maximum absolute atomic E-state index is 5.72. The molecule has 6 heteroatoms. The van der Waals surface area contributed by atoms with Gasteiger partial charge in [0.1, 0.15) is 5.03 Å². The Morgan fingerprint density at radius 2 is 1.80 bits per heavy atom. The Kier molecular flexibility index (Phi) is 3.03. The number of nitrogens with two attached hydrogens (primary N) is 1. The average molecular weight is 239 g/mol. The van der Waals surface area contributed by atoms with Gasteiger partial charge in [0.2, 0.25) is 0 Å². The lowest BCUT2D eigenvalue weighted by atomic mass is 10.5. The van der Waals surface area contributed by atoms with Gasteiger partial charge in [0.15, 0.2) is 5.16 Å². The van der Waals surface area contributed by atoms with Gasteiger partial charge in [-0.25, -0.2) is 15.0 Å². The van der Waals surface area contributed by atoms with Gasteiger partial charge in [0, 0.05) is 6.20 Å². The predicted octanol–water partition coefficient (Wildman–Crippen LogP) is 2.26. The van der Waals surface area contributed by atoms with Gasteiger partial charge in [-0.2, -0.15) is 0 Å². The van der Waals surface area contributed by atoms with Crippen LogP contribution in [0, 0.1) is 0 Å². The topological polar surface area (TPSA) is 64.7 Å². The number of pyridine rings is 1. The maximum Gasteiger partial charge on any atom is 0.193 e. The van der Waals surface area contributed by atoms with Crippen molar-refractivity contribution in [2.75, 3.05) is 5.73 Å². The van der Waals surface area contributed by atoms with E-state index in [0.717, 1.165) is 5.03 Å². The van der Waals surface area contributed by atoms with E-state index in [4.69, 9.17) is 17.3 Å². The van der Waals surface area contributed by atoms with E-state index in [-0.39, 0.29) is 0 Å².